The normalized spacial score (nSPS) is 18.8. The minimum Gasteiger partial charge on any atom is -0.444 e. The third-order valence-electron chi connectivity index (χ3n) is 8.49. The summed E-state index contributed by atoms with van der Waals surface area (Å²) in [4.78, 5) is 18.3. The van der Waals surface area contributed by atoms with Crippen molar-refractivity contribution in [3.05, 3.63) is 35.5 Å². The molecule has 226 valence electrons. The van der Waals surface area contributed by atoms with Crippen LogP contribution >= 0.6 is 0 Å². The van der Waals surface area contributed by atoms with Crippen molar-refractivity contribution in [1.29, 1.82) is 0 Å². The highest BCUT2D eigenvalue weighted by atomic mass is 28.4. The van der Waals surface area contributed by atoms with Gasteiger partial charge in [0.2, 0.25) is 0 Å². The standard InChI is InChI=1S/C31H48N4O5Si/c1-19-27(20(2)40-34-19)21-12-13-26-25(16-21)32-28(35(26)22-17-23(18-22)37-9)24(33-29(36)39-30(3,4)5)14-15-38-41(10,11)31(6,7)8/h12-13,16,22-24H,14-15,17-18H2,1-11H3,(H,33,36)/t22?,23?,24-/m0/s1. The van der Waals surface area contributed by atoms with Gasteiger partial charge in [-0.1, -0.05) is 32.0 Å². The fourth-order valence-corrected chi connectivity index (χ4v) is 6.16. The zero-order valence-corrected chi connectivity index (χ0v) is 27.7. The van der Waals surface area contributed by atoms with Gasteiger partial charge in [0.15, 0.2) is 8.32 Å². The number of rotatable bonds is 9. The Bertz CT molecular complexity index is 1360. The Labute approximate surface area is 245 Å². The molecule has 0 saturated heterocycles. The lowest BCUT2D eigenvalue weighted by Crippen LogP contribution is -2.42. The van der Waals surface area contributed by atoms with E-state index in [0.29, 0.717) is 13.0 Å². The Hall–Kier alpha value is -2.69. The van der Waals surface area contributed by atoms with Crippen LogP contribution in [0, 0.1) is 13.8 Å². The van der Waals surface area contributed by atoms with E-state index in [4.69, 9.17) is 23.4 Å². The molecule has 1 N–H and O–H groups in total. The summed E-state index contributed by atoms with van der Waals surface area (Å²) in [5, 5.41) is 7.36. The number of aryl methyl sites for hydroxylation is 2. The predicted octanol–water partition coefficient (Wildman–Crippen LogP) is 7.64. The third kappa shape index (κ3) is 6.86. The molecule has 1 aliphatic rings. The summed E-state index contributed by atoms with van der Waals surface area (Å²) < 4.78 is 25.6. The summed E-state index contributed by atoms with van der Waals surface area (Å²) in [5.74, 6) is 1.58. The van der Waals surface area contributed by atoms with Crippen molar-refractivity contribution in [3.8, 4) is 11.1 Å². The van der Waals surface area contributed by atoms with Crippen molar-refractivity contribution in [1.82, 2.24) is 20.0 Å². The van der Waals surface area contributed by atoms with Gasteiger partial charge in [-0.3, -0.25) is 0 Å². The number of methoxy groups -OCH3 is 1. The highest BCUT2D eigenvalue weighted by molar-refractivity contribution is 6.74. The second-order valence-electron chi connectivity index (χ2n) is 13.8. The summed E-state index contributed by atoms with van der Waals surface area (Å²) >= 11 is 0. The zero-order valence-electron chi connectivity index (χ0n) is 26.7. The molecule has 10 heteroatoms. The molecule has 1 aliphatic carbocycles. The van der Waals surface area contributed by atoms with Crippen LogP contribution in [0.5, 0.6) is 0 Å². The first-order valence-electron chi connectivity index (χ1n) is 14.6. The molecular weight excluding hydrogens is 536 g/mol. The number of hydrogen-bond acceptors (Lipinski definition) is 7. The Balaban J connectivity index is 1.75. The molecule has 3 aromatic rings. The number of amides is 1. The molecule has 0 radical (unpaired) electrons. The van der Waals surface area contributed by atoms with Gasteiger partial charge in [-0.15, -0.1) is 0 Å². The van der Waals surface area contributed by atoms with E-state index >= 15 is 0 Å². The van der Waals surface area contributed by atoms with Crippen LogP contribution in [0.25, 0.3) is 22.2 Å². The molecule has 1 saturated carbocycles. The third-order valence-corrected chi connectivity index (χ3v) is 13.0. The summed E-state index contributed by atoms with van der Waals surface area (Å²) in [5.41, 5.74) is 4.10. The van der Waals surface area contributed by atoms with E-state index < -0.39 is 26.1 Å². The summed E-state index contributed by atoms with van der Waals surface area (Å²) in [7, 11) is -0.221. The Kier molecular flexibility index (Phi) is 8.79. The van der Waals surface area contributed by atoms with E-state index in [0.717, 1.165) is 52.3 Å². The molecule has 1 fully saturated rings. The number of carbonyl (C=O) groups is 1. The zero-order chi connectivity index (χ0) is 30.3. The lowest BCUT2D eigenvalue weighted by molar-refractivity contribution is 0.00578. The maximum atomic E-state index is 13.1. The summed E-state index contributed by atoms with van der Waals surface area (Å²) in [6.07, 6.45) is 2.10. The van der Waals surface area contributed by atoms with Crippen LogP contribution in [0.15, 0.2) is 22.7 Å². The lowest BCUT2D eigenvalue weighted by atomic mass is 9.88. The van der Waals surface area contributed by atoms with E-state index in [-0.39, 0.29) is 17.2 Å². The highest BCUT2D eigenvalue weighted by Gasteiger charge is 2.38. The number of fused-ring (bicyclic) bond motifs is 1. The van der Waals surface area contributed by atoms with Crippen LogP contribution < -0.4 is 5.32 Å². The maximum Gasteiger partial charge on any atom is 0.408 e. The first-order chi connectivity index (χ1) is 19.0. The fourth-order valence-electron chi connectivity index (χ4n) is 5.10. The molecule has 1 aromatic carbocycles. The molecular formula is C31H48N4O5Si. The molecule has 41 heavy (non-hydrogen) atoms. The smallest absolute Gasteiger partial charge is 0.408 e. The van der Waals surface area contributed by atoms with E-state index in [1.165, 1.54) is 0 Å². The van der Waals surface area contributed by atoms with Gasteiger partial charge in [0.1, 0.15) is 17.2 Å². The van der Waals surface area contributed by atoms with Crippen LogP contribution in [0.1, 0.15) is 90.2 Å². The topological polar surface area (TPSA) is 101 Å². The van der Waals surface area contributed by atoms with Crippen LogP contribution in [0.2, 0.25) is 18.1 Å². The van der Waals surface area contributed by atoms with Crippen LogP contribution in [0.3, 0.4) is 0 Å². The number of benzene rings is 1. The SMILES string of the molecule is COC1CC(n2c([C@H](CCO[Si](C)(C)C(C)(C)C)NC(=O)OC(C)(C)C)nc3cc(-c4c(C)noc4C)ccc32)C1. The number of carbonyl (C=O) groups excluding carboxylic acids is 1. The van der Waals surface area contributed by atoms with Crippen LogP contribution in [0.4, 0.5) is 4.79 Å². The fraction of sp³-hybridized carbons (Fsp3) is 0.645. The average Bonchev–Trinajstić information content (AvgIpc) is 3.34. The molecule has 0 bridgehead atoms. The minimum atomic E-state index is -1.98. The van der Waals surface area contributed by atoms with Gasteiger partial charge in [-0.25, -0.2) is 9.78 Å². The van der Waals surface area contributed by atoms with Crippen molar-refractivity contribution in [2.75, 3.05) is 13.7 Å². The maximum absolute atomic E-state index is 13.1. The van der Waals surface area contributed by atoms with Gasteiger partial charge in [0.25, 0.3) is 0 Å². The molecule has 9 nitrogen and oxygen atoms in total. The number of hydrogen-bond donors (Lipinski definition) is 1. The van der Waals surface area contributed by atoms with Crippen LogP contribution in [-0.2, 0) is 13.9 Å². The van der Waals surface area contributed by atoms with E-state index in [2.05, 4.69) is 67.1 Å². The number of alkyl carbamates (subject to hydrolysis) is 1. The molecule has 0 aliphatic heterocycles. The number of nitrogens with one attached hydrogen (secondary N) is 1. The van der Waals surface area contributed by atoms with E-state index in [1.807, 2.05) is 34.6 Å². The largest absolute Gasteiger partial charge is 0.444 e. The van der Waals surface area contributed by atoms with E-state index in [9.17, 15) is 4.79 Å². The quantitative estimate of drug-likeness (QED) is 0.258. The van der Waals surface area contributed by atoms with Gasteiger partial charge >= 0.3 is 6.09 Å². The second kappa shape index (κ2) is 11.5. The van der Waals surface area contributed by atoms with Gasteiger partial charge < -0.3 is 28.3 Å². The van der Waals surface area contributed by atoms with Gasteiger partial charge in [-0.2, -0.15) is 0 Å². The van der Waals surface area contributed by atoms with Crippen molar-refractivity contribution in [2.45, 2.75) is 117 Å². The van der Waals surface area contributed by atoms with Crippen molar-refractivity contribution >= 4 is 25.4 Å². The Morgan fingerprint density at radius 1 is 1.17 bits per heavy atom. The first kappa shape index (κ1) is 31.2. The molecule has 4 rings (SSSR count). The Morgan fingerprint density at radius 2 is 1.85 bits per heavy atom. The minimum absolute atomic E-state index is 0.0872. The van der Waals surface area contributed by atoms with E-state index in [1.54, 1.807) is 7.11 Å². The second-order valence-corrected chi connectivity index (χ2v) is 18.6. The predicted molar refractivity (Wildman–Crippen MR) is 164 cm³/mol. The lowest BCUT2D eigenvalue weighted by Gasteiger charge is -2.38. The average molecular weight is 585 g/mol. The summed E-state index contributed by atoms with van der Waals surface area (Å²) in [6.45, 7) is 21.2. The number of nitrogens with zero attached hydrogens (tertiary/aromatic N) is 3. The first-order valence-corrected chi connectivity index (χ1v) is 17.5. The molecule has 0 unspecified atom stereocenters. The Morgan fingerprint density at radius 3 is 2.41 bits per heavy atom. The van der Waals surface area contributed by atoms with Crippen molar-refractivity contribution in [3.63, 3.8) is 0 Å². The van der Waals surface area contributed by atoms with Crippen molar-refractivity contribution in [2.24, 2.45) is 0 Å². The molecule has 2 aromatic heterocycles. The van der Waals surface area contributed by atoms with Gasteiger partial charge in [0, 0.05) is 25.3 Å². The molecule has 1 atom stereocenters. The summed E-state index contributed by atoms with van der Waals surface area (Å²) in [6, 6.07) is 6.12. The van der Waals surface area contributed by atoms with Crippen LogP contribution in [-0.4, -0.2) is 54.5 Å². The monoisotopic (exact) mass is 584 g/mol. The highest BCUT2D eigenvalue weighted by Crippen LogP contribution is 2.41. The number of imidazole rings is 1. The molecule has 0 spiro atoms. The van der Waals surface area contributed by atoms with Gasteiger partial charge in [0.05, 0.1) is 28.9 Å². The molecule has 1 amide bonds. The van der Waals surface area contributed by atoms with Gasteiger partial charge in [-0.05, 0) is 89.7 Å². The van der Waals surface area contributed by atoms with Crippen molar-refractivity contribution < 1.29 is 23.2 Å². The molecule has 2 heterocycles. The number of aromatic nitrogens is 3. The number of ether oxygens (including phenoxy) is 2.